The van der Waals surface area contributed by atoms with Gasteiger partial charge < -0.3 is 14.4 Å². The van der Waals surface area contributed by atoms with Gasteiger partial charge in [0.15, 0.2) is 0 Å². The summed E-state index contributed by atoms with van der Waals surface area (Å²) in [4.78, 5) is 26.5. The molecule has 1 amide bonds. The van der Waals surface area contributed by atoms with E-state index in [1.807, 2.05) is 27.7 Å². The minimum Gasteiger partial charge on any atom is -0.463 e. The minimum absolute atomic E-state index is 0.00967. The van der Waals surface area contributed by atoms with Gasteiger partial charge in [-0.15, -0.1) is 0 Å². The monoisotopic (exact) mass is 323 g/mol. The minimum atomic E-state index is -0.505. The van der Waals surface area contributed by atoms with Gasteiger partial charge in [-0.05, 0) is 71.8 Å². The van der Waals surface area contributed by atoms with Gasteiger partial charge in [-0.25, -0.2) is 9.59 Å². The highest BCUT2D eigenvalue weighted by atomic mass is 16.6. The zero-order valence-electron chi connectivity index (χ0n) is 14.8. The summed E-state index contributed by atoms with van der Waals surface area (Å²) in [5.41, 5.74) is 1.38. The molecule has 0 aromatic heterocycles. The number of carbonyl (C=O) groups is 2. The number of hydrogen-bond acceptors (Lipinski definition) is 4. The molecule has 0 aromatic rings. The molecule has 0 radical (unpaired) electrons. The van der Waals surface area contributed by atoms with Crippen LogP contribution in [0, 0.1) is 0 Å². The van der Waals surface area contributed by atoms with Crippen LogP contribution in [0.2, 0.25) is 0 Å². The fourth-order valence-electron chi connectivity index (χ4n) is 3.42. The quantitative estimate of drug-likeness (QED) is 0.741. The first kappa shape index (κ1) is 17.8. The Morgan fingerprint density at radius 1 is 1.17 bits per heavy atom. The van der Waals surface area contributed by atoms with Gasteiger partial charge in [0.05, 0.1) is 12.6 Å². The van der Waals surface area contributed by atoms with E-state index in [1.165, 1.54) is 0 Å². The van der Waals surface area contributed by atoms with E-state index in [0.717, 1.165) is 49.7 Å². The Morgan fingerprint density at radius 2 is 1.87 bits per heavy atom. The van der Waals surface area contributed by atoms with Crippen LogP contribution >= 0.6 is 0 Å². The Hall–Kier alpha value is -1.52. The Balaban J connectivity index is 2.22. The molecule has 0 bridgehead atoms. The smallest absolute Gasteiger partial charge is 0.410 e. The summed E-state index contributed by atoms with van der Waals surface area (Å²) < 4.78 is 10.8. The maximum atomic E-state index is 12.5. The summed E-state index contributed by atoms with van der Waals surface area (Å²) in [6.07, 6.45) is 5.28. The molecule has 130 valence electrons. The lowest BCUT2D eigenvalue weighted by atomic mass is 9.86. The zero-order chi connectivity index (χ0) is 17.0. The zero-order valence-corrected chi connectivity index (χ0v) is 14.8. The second-order valence-corrected chi connectivity index (χ2v) is 7.26. The second kappa shape index (κ2) is 7.37. The molecule has 1 unspecified atom stereocenters. The number of nitrogens with zero attached hydrogens (tertiary/aromatic N) is 1. The third-order valence-corrected chi connectivity index (χ3v) is 4.32. The van der Waals surface area contributed by atoms with Crippen LogP contribution in [-0.2, 0) is 14.3 Å². The van der Waals surface area contributed by atoms with Crippen molar-refractivity contribution >= 4 is 12.1 Å². The molecule has 5 heteroatoms. The largest absolute Gasteiger partial charge is 0.463 e. The van der Waals surface area contributed by atoms with Crippen LogP contribution in [-0.4, -0.2) is 41.8 Å². The Morgan fingerprint density at radius 3 is 2.52 bits per heavy atom. The third-order valence-electron chi connectivity index (χ3n) is 4.32. The van der Waals surface area contributed by atoms with E-state index >= 15 is 0 Å². The van der Waals surface area contributed by atoms with Crippen molar-refractivity contribution in [3.05, 3.63) is 11.1 Å². The van der Waals surface area contributed by atoms with Gasteiger partial charge in [0.25, 0.3) is 0 Å². The van der Waals surface area contributed by atoms with Crippen LogP contribution in [0.25, 0.3) is 0 Å². The maximum Gasteiger partial charge on any atom is 0.410 e. The molecule has 0 N–H and O–H groups in total. The van der Waals surface area contributed by atoms with Crippen LogP contribution < -0.4 is 0 Å². The van der Waals surface area contributed by atoms with Gasteiger partial charge in [0, 0.05) is 12.1 Å². The third kappa shape index (κ3) is 4.49. The molecular formula is C18H29NO4. The standard InChI is InChI=1S/C18H29NO4/c1-5-22-16(20)14-10-7-6-9-13(14)15-11-8-12-19(15)17(21)23-18(2,3)4/h15H,5-12H2,1-4H3. The van der Waals surface area contributed by atoms with E-state index in [4.69, 9.17) is 9.47 Å². The lowest BCUT2D eigenvalue weighted by Crippen LogP contribution is -2.41. The first-order chi connectivity index (χ1) is 10.8. The second-order valence-electron chi connectivity index (χ2n) is 7.26. The van der Waals surface area contributed by atoms with E-state index in [9.17, 15) is 9.59 Å². The summed E-state index contributed by atoms with van der Waals surface area (Å²) in [5, 5.41) is 0. The first-order valence-corrected chi connectivity index (χ1v) is 8.72. The summed E-state index contributed by atoms with van der Waals surface area (Å²) in [6, 6.07) is -0.00967. The number of esters is 1. The highest BCUT2D eigenvalue weighted by Gasteiger charge is 2.37. The van der Waals surface area contributed by atoms with Crippen LogP contribution in [0.3, 0.4) is 0 Å². The lowest BCUT2D eigenvalue weighted by molar-refractivity contribution is -0.138. The van der Waals surface area contributed by atoms with Crippen molar-refractivity contribution in [2.45, 2.75) is 77.9 Å². The molecule has 1 aliphatic carbocycles. The summed E-state index contributed by atoms with van der Waals surface area (Å²) in [5.74, 6) is -0.210. The lowest BCUT2D eigenvalue weighted by Gasteiger charge is -2.32. The SMILES string of the molecule is CCOC(=O)C1=C(C2CCCN2C(=O)OC(C)(C)C)CCCC1. The topological polar surface area (TPSA) is 55.8 Å². The van der Waals surface area contributed by atoms with Crippen molar-refractivity contribution in [1.82, 2.24) is 4.90 Å². The Labute approximate surface area is 139 Å². The number of ether oxygens (including phenoxy) is 2. The van der Waals surface area contributed by atoms with E-state index in [0.29, 0.717) is 13.2 Å². The van der Waals surface area contributed by atoms with Crippen molar-refractivity contribution in [3.8, 4) is 0 Å². The van der Waals surface area contributed by atoms with E-state index < -0.39 is 5.60 Å². The molecule has 1 atom stereocenters. The van der Waals surface area contributed by atoms with Gasteiger partial charge in [-0.1, -0.05) is 0 Å². The molecule has 0 saturated carbocycles. The van der Waals surface area contributed by atoms with Crippen molar-refractivity contribution in [2.75, 3.05) is 13.2 Å². The van der Waals surface area contributed by atoms with Crippen LogP contribution in [0.5, 0.6) is 0 Å². The molecule has 1 fully saturated rings. The van der Waals surface area contributed by atoms with Crippen molar-refractivity contribution in [2.24, 2.45) is 0 Å². The fraction of sp³-hybridized carbons (Fsp3) is 0.778. The fourth-order valence-corrected chi connectivity index (χ4v) is 3.42. The van der Waals surface area contributed by atoms with Gasteiger partial charge in [-0.2, -0.15) is 0 Å². The van der Waals surface area contributed by atoms with Gasteiger partial charge in [0.1, 0.15) is 5.60 Å². The molecule has 5 nitrogen and oxygen atoms in total. The Kier molecular flexibility index (Phi) is 5.71. The normalized spacial score (nSPS) is 22.3. The molecule has 2 rings (SSSR count). The highest BCUT2D eigenvalue weighted by molar-refractivity contribution is 5.90. The molecule has 23 heavy (non-hydrogen) atoms. The summed E-state index contributed by atoms with van der Waals surface area (Å²) >= 11 is 0. The summed E-state index contributed by atoms with van der Waals surface area (Å²) in [7, 11) is 0. The van der Waals surface area contributed by atoms with Gasteiger partial charge in [0.2, 0.25) is 0 Å². The number of hydrogen-bond donors (Lipinski definition) is 0. The maximum absolute atomic E-state index is 12.5. The molecule has 0 spiro atoms. The number of likely N-dealkylation sites (tertiary alicyclic amines) is 1. The molecule has 0 aromatic carbocycles. The number of rotatable bonds is 3. The predicted molar refractivity (Wildman–Crippen MR) is 88.1 cm³/mol. The van der Waals surface area contributed by atoms with Gasteiger partial charge in [-0.3, -0.25) is 0 Å². The Bertz CT molecular complexity index is 490. The van der Waals surface area contributed by atoms with E-state index in [2.05, 4.69) is 0 Å². The van der Waals surface area contributed by atoms with Crippen molar-refractivity contribution < 1.29 is 19.1 Å². The average molecular weight is 323 g/mol. The van der Waals surface area contributed by atoms with Crippen LogP contribution in [0.1, 0.15) is 66.2 Å². The molecule has 1 heterocycles. The number of carbonyl (C=O) groups excluding carboxylic acids is 2. The number of amides is 1. The molecule has 1 saturated heterocycles. The molecule has 1 aliphatic heterocycles. The first-order valence-electron chi connectivity index (χ1n) is 8.72. The van der Waals surface area contributed by atoms with Crippen LogP contribution in [0.15, 0.2) is 11.1 Å². The average Bonchev–Trinajstić information content (AvgIpc) is 2.95. The van der Waals surface area contributed by atoms with E-state index in [-0.39, 0.29) is 18.1 Å². The van der Waals surface area contributed by atoms with Crippen LogP contribution in [0.4, 0.5) is 4.79 Å². The molecule has 2 aliphatic rings. The van der Waals surface area contributed by atoms with Gasteiger partial charge >= 0.3 is 12.1 Å². The van der Waals surface area contributed by atoms with E-state index in [1.54, 1.807) is 4.90 Å². The highest BCUT2D eigenvalue weighted by Crippen LogP contribution is 2.35. The predicted octanol–water partition coefficient (Wildman–Crippen LogP) is 3.82. The van der Waals surface area contributed by atoms with Crippen molar-refractivity contribution in [3.63, 3.8) is 0 Å². The summed E-state index contributed by atoms with van der Waals surface area (Å²) in [6.45, 7) is 8.53. The molecular weight excluding hydrogens is 294 g/mol. The van der Waals surface area contributed by atoms with Crippen molar-refractivity contribution in [1.29, 1.82) is 0 Å².